The molecule has 1 heterocycles. The Morgan fingerprint density at radius 3 is 2.77 bits per heavy atom. The van der Waals surface area contributed by atoms with E-state index in [4.69, 9.17) is 6.42 Å². The zero-order chi connectivity index (χ0) is 9.84. The largest absolute Gasteiger partial charge is 0.293 e. The minimum absolute atomic E-state index is 0.228. The minimum atomic E-state index is -0.229. The second kappa shape index (κ2) is 4.15. The molecule has 2 amide bonds. The number of nitrogens with zero attached hydrogens (tertiary/aromatic N) is 1. The monoisotopic (exact) mass is 195 g/mol. The number of allylic oxidation sites excluding steroid dienone is 1. The first-order valence-electron chi connectivity index (χ1n) is 3.84. The van der Waals surface area contributed by atoms with Gasteiger partial charge >= 0.3 is 0 Å². The molecular weight excluding hydrogens is 186 g/mol. The van der Waals surface area contributed by atoms with E-state index in [1.54, 1.807) is 13.0 Å². The van der Waals surface area contributed by atoms with Crippen molar-refractivity contribution in [2.45, 2.75) is 13.3 Å². The fourth-order valence-corrected chi connectivity index (χ4v) is 1.75. The third-order valence-electron chi connectivity index (χ3n) is 1.62. The summed E-state index contributed by atoms with van der Waals surface area (Å²) in [5.74, 6) is 2.16. The number of imide groups is 1. The first kappa shape index (κ1) is 9.87. The molecule has 0 saturated carbocycles. The maximum Gasteiger partial charge on any atom is 0.293 e. The molecule has 13 heavy (non-hydrogen) atoms. The fraction of sp³-hybridized carbons (Fsp3) is 0.333. The second-order valence-corrected chi connectivity index (χ2v) is 3.43. The van der Waals surface area contributed by atoms with Crippen molar-refractivity contribution in [1.29, 1.82) is 0 Å². The van der Waals surface area contributed by atoms with E-state index in [0.717, 1.165) is 11.8 Å². The number of carbonyl (C=O) groups is 2. The van der Waals surface area contributed by atoms with Crippen LogP contribution >= 0.6 is 11.8 Å². The van der Waals surface area contributed by atoms with E-state index >= 15 is 0 Å². The Hall–Kier alpha value is -1.21. The van der Waals surface area contributed by atoms with E-state index in [1.165, 1.54) is 4.90 Å². The van der Waals surface area contributed by atoms with Crippen LogP contribution in [0.4, 0.5) is 4.79 Å². The zero-order valence-corrected chi connectivity index (χ0v) is 8.06. The van der Waals surface area contributed by atoms with E-state index in [2.05, 4.69) is 5.92 Å². The standard InChI is InChI=1S/C9H9NO2S/c1-3-5-6-10-8(11)7(4-2)13-9(10)12/h1,4H,5-6H2,2H3/b7-4-. The molecule has 4 heteroatoms. The van der Waals surface area contributed by atoms with Crippen LogP contribution in [0.15, 0.2) is 11.0 Å². The van der Waals surface area contributed by atoms with Gasteiger partial charge in [-0.2, -0.15) is 0 Å². The molecule has 1 aliphatic rings. The molecule has 1 aliphatic heterocycles. The van der Waals surface area contributed by atoms with Crippen molar-refractivity contribution in [3.05, 3.63) is 11.0 Å². The Balaban J connectivity index is 2.72. The lowest BCUT2D eigenvalue weighted by molar-refractivity contribution is -0.122. The van der Waals surface area contributed by atoms with Crippen LogP contribution < -0.4 is 0 Å². The van der Waals surface area contributed by atoms with E-state index in [1.807, 2.05) is 0 Å². The van der Waals surface area contributed by atoms with E-state index in [9.17, 15) is 9.59 Å². The Bertz CT molecular complexity index is 314. The third kappa shape index (κ3) is 1.93. The Morgan fingerprint density at radius 2 is 2.31 bits per heavy atom. The van der Waals surface area contributed by atoms with Crippen molar-refractivity contribution in [1.82, 2.24) is 4.90 Å². The summed E-state index contributed by atoms with van der Waals surface area (Å²) < 4.78 is 0. The van der Waals surface area contributed by atoms with Gasteiger partial charge in [0.1, 0.15) is 0 Å². The quantitative estimate of drug-likeness (QED) is 0.496. The smallest absolute Gasteiger partial charge is 0.268 e. The van der Waals surface area contributed by atoms with Gasteiger partial charge in [-0.25, -0.2) is 0 Å². The Kier molecular flexibility index (Phi) is 3.15. The second-order valence-electron chi connectivity index (χ2n) is 2.43. The molecule has 0 radical (unpaired) electrons. The van der Waals surface area contributed by atoms with Gasteiger partial charge in [0.05, 0.1) is 4.91 Å². The fourth-order valence-electron chi connectivity index (χ4n) is 0.960. The van der Waals surface area contributed by atoms with Gasteiger partial charge in [-0.3, -0.25) is 14.5 Å². The normalized spacial score (nSPS) is 19.7. The van der Waals surface area contributed by atoms with Crippen LogP contribution in [-0.4, -0.2) is 22.6 Å². The van der Waals surface area contributed by atoms with Crippen LogP contribution in [0.5, 0.6) is 0 Å². The van der Waals surface area contributed by atoms with Crippen molar-refractivity contribution in [3.63, 3.8) is 0 Å². The van der Waals surface area contributed by atoms with Crippen molar-refractivity contribution in [2.24, 2.45) is 0 Å². The van der Waals surface area contributed by atoms with Crippen molar-refractivity contribution in [3.8, 4) is 12.3 Å². The zero-order valence-electron chi connectivity index (χ0n) is 7.24. The number of terminal acetylenes is 1. The highest BCUT2D eigenvalue weighted by Crippen LogP contribution is 2.29. The Morgan fingerprint density at radius 1 is 1.62 bits per heavy atom. The van der Waals surface area contributed by atoms with Crippen LogP contribution in [0.1, 0.15) is 13.3 Å². The van der Waals surface area contributed by atoms with Gasteiger partial charge in [-0.05, 0) is 18.7 Å². The van der Waals surface area contributed by atoms with E-state index in [0.29, 0.717) is 17.9 Å². The summed E-state index contributed by atoms with van der Waals surface area (Å²) in [6.07, 6.45) is 7.10. The van der Waals surface area contributed by atoms with Crippen LogP contribution in [0.25, 0.3) is 0 Å². The third-order valence-corrected chi connectivity index (χ3v) is 2.64. The average molecular weight is 195 g/mol. The lowest BCUT2D eigenvalue weighted by Gasteiger charge is -2.08. The van der Waals surface area contributed by atoms with Crippen LogP contribution in [-0.2, 0) is 4.79 Å². The van der Waals surface area contributed by atoms with Gasteiger partial charge in [0, 0.05) is 13.0 Å². The molecule has 0 aromatic heterocycles. The van der Waals surface area contributed by atoms with Gasteiger partial charge in [-0.1, -0.05) is 6.08 Å². The minimum Gasteiger partial charge on any atom is -0.268 e. The summed E-state index contributed by atoms with van der Waals surface area (Å²) in [7, 11) is 0. The molecule has 0 aromatic carbocycles. The maximum absolute atomic E-state index is 11.4. The van der Waals surface area contributed by atoms with E-state index < -0.39 is 0 Å². The molecule has 1 rings (SSSR count). The summed E-state index contributed by atoms with van der Waals surface area (Å²) in [5, 5.41) is -0.228. The lowest BCUT2D eigenvalue weighted by Crippen LogP contribution is -2.28. The number of rotatable bonds is 2. The van der Waals surface area contributed by atoms with Gasteiger partial charge in [0.25, 0.3) is 11.1 Å². The summed E-state index contributed by atoms with van der Waals surface area (Å²) in [6.45, 7) is 2.05. The number of amides is 2. The van der Waals surface area contributed by atoms with Crippen LogP contribution in [0.2, 0.25) is 0 Å². The van der Waals surface area contributed by atoms with Gasteiger partial charge < -0.3 is 0 Å². The molecule has 0 unspecified atom stereocenters. The summed E-state index contributed by atoms with van der Waals surface area (Å²) in [5.41, 5.74) is 0. The average Bonchev–Trinajstić information content (AvgIpc) is 2.39. The van der Waals surface area contributed by atoms with E-state index in [-0.39, 0.29) is 11.1 Å². The number of thioether (sulfide) groups is 1. The van der Waals surface area contributed by atoms with Crippen molar-refractivity contribution < 1.29 is 9.59 Å². The molecule has 0 atom stereocenters. The number of hydrogen-bond acceptors (Lipinski definition) is 3. The maximum atomic E-state index is 11.4. The highest BCUT2D eigenvalue weighted by molar-refractivity contribution is 8.18. The first-order chi connectivity index (χ1) is 6.20. The molecule has 1 fully saturated rings. The molecule has 0 N–H and O–H groups in total. The molecule has 0 aliphatic carbocycles. The van der Waals surface area contributed by atoms with Gasteiger partial charge in [0.15, 0.2) is 0 Å². The van der Waals surface area contributed by atoms with Crippen molar-refractivity contribution >= 4 is 22.9 Å². The summed E-state index contributed by atoms with van der Waals surface area (Å²) >= 11 is 0.962. The summed E-state index contributed by atoms with van der Waals surface area (Å²) in [6, 6.07) is 0. The Labute approximate surface area is 81.2 Å². The first-order valence-corrected chi connectivity index (χ1v) is 4.65. The lowest BCUT2D eigenvalue weighted by atomic mass is 10.4. The predicted octanol–water partition coefficient (Wildman–Crippen LogP) is 1.61. The molecule has 68 valence electrons. The summed E-state index contributed by atoms with van der Waals surface area (Å²) in [4.78, 5) is 24.3. The number of hydrogen-bond donors (Lipinski definition) is 0. The molecular formula is C9H9NO2S. The van der Waals surface area contributed by atoms with Crippen molar-refractivity contribution in [2.75, 3.05) is 6.54 Å². The number of carbonyl (C=O) groups excluding carboxylic acids is 2. The molecule has 0 bridgehead atoms. The topological polar surface area (TPSA) is 37.4 Å². The van der Waals surface area contributed by atoms with Gasteiger partial charge in [0.2, 0.25) is 0 Å². The molecule has 1 saturated heterocycles. The van der Waals surface area contributed by atoms with Crippen LogP contribution in [0, 0.1) is 12.3 Å². The molecule has 0 spiro atoms. The van der Waals surface area contributed by atoms with Crippen LogP contribution in [0.3, 0.4) is 0 Å². The SMILES string of the molecule is C#CCCN1C(=O)S/C(=C\C)C1=O. The molecule has 0 aromatic rings. The van der Waals surface area contributed by atoms with Gasteiger partial charge in [-0.15, -0.1) is 12.3 Å². The highest BCUT2D eigenvalue weighted by atomic mass is 32.2. The predicted molar refractivity (Wildman–Crippen MR) is 51.9 cm³/mol. The highest BCUT2D eigenvalue weighted by Gasteiger charge is 2.33. The molecule has 3 nitrogen and oxygen atoms in total.